The smallest absolute Gasteiger partial charge is 0.194 e. The van der Waals surface area contributed by atoms with Gasteiger partial charge in [0, 0.05) is 16.1 Å². The van der Waals surface area contributed by atoms with E-state index in [-0.39, 0.29) is 0 Å². The first-order valence-corrected chi connectivity index (χ1v) is 8.33. The first-order chi connectivity index (χ1) is 9.92. The number of rotatable bonds is 0. The van der Waals surface area contributed by atoms with E-state index in [0.29, 0.717) is 0 Å². The summed E-state index contributed by atoms with van der Waals surface area (Å²) < 4.78 is 2.49. The van der Waals surface area contributed by atoms with Crippen molar-refractivity contribution in [2.24, 2.45) is 0 Å². The maximum atomic E-state index is 4.98. The van der Waals surface area contributed by atoms with Gasteiger partial charge in [0.25, 0.3) is 0 Å². The maximum Gasteiger partial charge on any atom is 0.194 e. The summed E-state index contributed by atoms with van der Waals surface area (Å²) in [5.41, 5.74) is 7.07. The molecule has 0 aliphatic heterocycles. The largest absolute Gasteiger partial charge is 0.291 e. The van der Waals surface area contributed by atoms with Crippen LogP contribution in [0.15, 0.2) is 24.3 Å². The highest BCUT2D eigenvalue weighted by molar-refractivity contribution is 7.17. The van der Waals surface area contributed by atoms with Crippen molar-refractivity contribution in [2.45, 2.75) is 38.5 Å². The average Bonchev–Trinajstić information content (AvgIpc) is 3.02. The molecule has 0 saturated heterocycles. The van der Waals surface area contributed by atoms with Crippen LogP contribution in [0.3, 0.4) is 0 Å². The summed E-state index contributed by atoms with van der Waals surface area (Å²) in [5, 5.41) is 0. The Bertz CT molecular complexity index is 825. The molecule has 2 aliphatic carbocycles. The highest BCUT2D eigenvalue weighted by Gasteiger charge is 2.26. The molecule has 100 valence electrons. The van der Waals surface area contributed by atoms with Crippen LogP contribution in [0.4, 0.5) is 0 Å². The van der Waals surface area contributed by atoms with Gasteiger partial charge in [-0.1, -0.05) is 24.3 Å². The lowest BCUT2D eigenvalue weighted by atomic mass is 9.92. The molecular weight excluding hydrogens is 264 g/mol. The van der Waals surface area contributed by atoms with Crippen molar-refractivity contribution < 1.29 is 0 Å². The summed E-state index contributed by atoms with van der Waals surface area (Å²) in [7, 11) is 0. The van der Waals surface area contributed by atoms with Gasteiger partial charge in [-0.15, -0.1) is 11.3 Å². The number of imidazole rings is 1. The molecular formula is C17H16N2S. The fourth-order valence-electron chi connectivity index (χ4n) is 3.76. The van der Waals surface area contributed by atoms with Gasteiger partial charge in [-0.2, -0.15) is 0 Å². The third-order valence-corrected chi connectivity index (χ3v) is 5.86. The lowest BCUT2D eigenvalue weighted by molar-refractivity contribution is 0.668. The lowest BCUT2D eigenvalue weighted by Gasteiger charge is -2.17. The minimum atomic E-state index is 1.14. The van der Waals surface area contributed by atoms with Crippen LogP contribution in [-0.2, 0) is 25.7 Å². The van der Waals surface area contributed by atoms with Crippen molar-refractivity contribution in [1.29, 1.82) is 0 Å². The van der Waals surface area contributed by atoms with E-state index in [9.17, 15) is 0 Å². The third kappa shape index (κ3) is 1.36. The van der Waals surface area contributed by atoms with E-state index < -0.39 is 0 Å². The summed E-state index contributed by atoms with van der Waals surface area (Å²) in [6.45, 7) is 0. The second kappa shape index (κ2) is 3.95. The molecule has 0 bridgehead atoms. The lowest BCUT2D eigenvalue weighted by Crippen LogP contribution is -2.09. The summed E-state index contributed by atoms with van der Waals surface area (Å²) in [6.07, 6.45) is 7.47. The highest BCUT2D eigenvalue weighted by Crippen LogP contribution is 2.38. The molecule has 20 heavy (non-hydrogen) atoms. The summed E-state index contributed by atoms with van der Waals surface area (Å²) in [6, 6.07) is 8.76. The van der Waals surface area contributed by atoms with E-state index in [1.165, 1.54) is 53.2 Å². The van der Waals surface area contributed by atoms with Crippen molar-refractivity contribution in [2.75, 3.05) is 0 Å². The van der Waals surface area contributed by atoms with Gasteiger partial charge in [-0.05, 0) is 44.1 Å². The molecule has 2 nitrogen and oxygen atoms in total. The van der Waals surface area contributed by atoms with Gasteiger partial charge >= 0.3 is 0 Å². The monoisotopic (exact) mass is 280 g/mol. The minimum absolute atomic E-state index is 1.14. The number of hydrogen-bond acceptors (Lipinski definition) is 2. The minimum Gasteiger partial charge on any atom is -0.291 e. The predicted octanol–water partition coefficient (Wildman–Crippen LogP) is 4.04. The van der Waals surface area contributed by atoms with Crippen molar-refractivity contribution >= 4 is 16.3 Å². The second-order valence-electron chi connectivity index (χ2n) is 5.86. The van der Waals surface area contributed by atoms with Crippen LogP contribution in [0.5, 0.6) is 0 Å². The Morgan fingerprint density at radius 1 is 0.950 bits per heavy atom. The Labute approximate surface area is 122 Å². The predicted molar refractivity (Wildman–Crippen MR) is 82.6 cm³/mol. The maximum absolute atomic E-state index is 4.98. The first kappa shape index (κ1) is 11.1. The third-order valence-electron chi connectivity index (χ3n) is 4.72. The molecule has 0 fully saturated rings. The van der Waals surface area contributed by atoms with Crippen LogP contribution < -0.4 is 0 Å². The molecule has 5 rings (SSSR count). The molecule has 2 aromatic heterocycles. The van der Waals surface area contributed by atoms with Crippen LogP contribution in [0.2, 0.25) is 0 Å². The molecule has 0 N–H and O–H groups in total. The molecule has 0 saturated carbocycles. The van der Waals surface area contributed by atoms with Crippen molar-refractivity contribution in [3.8, 4) is 11.3 Å². The molecule has 3 heteroatoms. The summed E-state index contributed by atoms with van der Waals surface area (Å²) >= 11 is 1.92. The molecule has 3 aromatic rings. The molecule has 1 aromatic carbocycles. The van der Waals surface area contributed by atoms with E-state index in [1.807, 2.05) is 11.3 Å². The van der Waals surface area contributed by atoms with Crippen LogP contribution in [0.1, 0.15) is 34.7 Å². The Balaban J connectivity index is 1.82. The SMILES string of the molecule is c1ccc2c(c1)CCc1c-2nc2sc3c(n12)CCCC3. The zero-order valence-electron chi connectivity index (χ0n) is 11.4. The normalized spacial score (nSPS) is 16.8. The topological polar surface area (TPSA) is 17.3 Å². The highest BCUT2D eigenvalue weighted by atomic mass is 32.1. The van der Waals surface area contributed by atoms with Gasteiger partial charge in [0.15, 0.2) is 4.96 Å². The molecule has 2 heterocycles. The van der Waals surface area contributed by atoms with Gasteiger partial charge in [-0.3, -0.25) is 4.40 Å². The zero-order valence-corrected chi connectivity index (χ0v) is 12.2. The van der Waals surface area contributed by atoms with E-state index in [2.05, 4.69) is 28.7 Å². The van der Waals surface area contributed by atoms with Gasteiger partial charge in [0.1, 0.15) is 0 Å². The number of aryl methyl sites for hydroxylation is 4. The number of hydrogen-bond donors (Lipinski definition) is 0. The van der Waals surface area contributed by atoms with Gasteiger partial charge in [-0.25, -0.2) is 4.98 Å². The second-order valence-corrected chi connectivity index (χ2v) is 6.92. The Kier molecular flexibility index (Phi) is 2.19. The molecule has 0 atom stereocenters. The van der Waals surface area contributed by atoms with Crippen LogP contribution in [0, 0.1) is 0 Å². The standard InChI is InChI=1S/C17H16N2S/c1-2-6-12-11(5-1)9-10-14-16(12)18-17-19(14)13-7-3-4-8-15(13)20-17/h1-2,5-6H,3-4,7-10H2. The average molecular weight is 280 g/mol. The van der Waals surface area contributed by atoms with Crippen LogP contribution in [-0.4, -0.2) is 9.38 Å². The first-order valence-electron chi connectivity index (χ1n) is 7.52. The van der Waals surface area contributed by atoms with E-state index >= 15 is 0 Å². The Morgan fingerprint density at radius 3 is 2.85 bits per heavy atom. The number of fused-ring (bicyclic) bond motifs is 7. The molecule has 0 radical (unpaired) electrons. The van der Waals surface area contributed by atoms with Crippen LogP contribution >= 0.6 is 11.3 Å². The van der Waals surface area contributed by atoms with Gasteiger partial charge in [0.05, 0.1) is 11.4 Å². The van der Waals surface area contributed by atoms with Crippen molar-refractivity contribution in [3.63, 3.8) is 0 Å². The number of aromatic nitrogens is 2. The number of thiazole rings is 1. The summed E-state index contributed by atoms with van der Waals surface area (Å²) in [5.74, 6) is 0. The van der Waals surface area contributed by atoms with Crippen molar-refractivity contribution in [3.05, 3.63) is 46.1 Å². The molecule has 0 unspecified atom stereocenters. The fourth-order valence-corrected chi connectivity index (χ4v) is 4.99. The molecule has 0 spiro atoms. The summed E-state index contributed by atoms with van der Waals surface area (Å²) in [4.78, 5) is 7.79. The quantitative estimate of drug-likeness (QED) is 0.607. The Hall–Kier alpha value is -1.61. The number of benzene rings is 1. The number of nitrogens with zero attached hydrogens (tertiary/aromatic N) is 2. The molecule has 0 amide bonds. The van der Waals surface area contributed by atoms with Gasteiger partial charge < -0.3 is 0 Å². The van der Waals surface area contributed by atoms with E-state index in [0.717, 1.165) is 12.8 Å². The Morgan fingerprint density at radius 2 is 1.85 bits per heavy atom. The van der Waals surface area contributed by atoms with Crippen molar-refractivity contribution in [1.82, 2.24) is 9.38 Å². The zero-order chi connectivity index (χ0) is 13.1. The van der Waals surface area contributed by atoms with E-state index in [1.54, 1.807) is 10.6 Å². The molecule has 2 aliphatic rings. The van der Waals surface area contributed by atoms with Gasteiger partial charge in [0.2, 0.25) is 0 Å². The fraction of sp³-hybridized carbons (Fsp3) is 0.353. The van der Waals surface area contributed by atoms with E-state index in [4.69, 9.17) is 4.98 Å². The van der Waals surface area contributed by atoms with Crippen LogP contribution in [0.25, 0.3) is 16.2 Å².